The summed E-state index contributed by atoms with van der Waals surface area (Å²) >= 11 is 11.4. The van der Waals surface area contributed by atoms with Crippen LogP contribution < -0.4 is 0 Å². The largest absolute Gasteiger partial charge is 0.449 e. The highest BCUT2D eigenvalue weighted by Gasteiger charge is 2.35. The average molecular weight is 412 g/mol. The van der Waals surface area contributed by atoms with Crippen molar-refractivity contribution in [3.05, 3.63) is 33.6 Å². The first kappa shape index (κ1) is 19.9. The number of amides is 1. The first-order valence-corrected chi connectivity index (χ1v) is 9.92. The zero-order valence-electron chi connectivity index (χ0n) is 13.5. The molecule has 25 heavy (non-hydrogen) atoms. The predicted octanol–water partition coefficient (Wildman–Crippen LogP) is 2.32. The van der Waals surface area contributed by atoms with Gasteiger partial charge in [0.05, 0.1) is 27.1 Å². The molecule has 1 aromatic rings. The number of carbonyl (C=O) groups is 2. The summed E-state index contributed by atoms with van der Waals surface area (Å²) in [5, 5.41) is -0.348. The Hall–Kier alpha value is -1.38. The van der Waals surface area contributed by atoms with Gasteiger partial charge >= 0.3 is 5.97 Å². The van der Waals surface area contributed by atoms with E-state index in [1.165, 1.54) is 18.9 Å². The molecule has 0 unspecified atom stereocenters. The molecule has 0 bridgehead atoms. The van der Waals surface area contributed by atoms with E-state index in [0.717, 1.165) is 12.1 Å². The van der Waals surface area contributed by atoms with Gasteiger partial charge in [-0.05, 0) is 25.5 Å². The topological polar surface area (TPSA) is 80.8 Å². The highest BCUT2D eigenvalue weighted by molar-refractivity contribution is 7.91. The van der Waals surface area contributed by atoms with E-state index in [1.54, 1.807) is 0 Å². The van der Waals surface area contributed by atoms with E-state index in [0.29, 0.717) is 6.42 Å². The van der Waals surface area contributed by atoms with Crippen molar-refractivity contribution in [2.45, 2.75) is 25.5 Å². The van der Waals surface area contributed by atoms with Gasteiger partial charge in [0.2, 0.25) is 0 Å². The highest BCUT2D eigenvalue weighted by atomic mass is 35.5. The van der Waals surface area contributed by atoms with Crippen molar-refractivity contribution in [1.82, 2.24) is 4.90 Å². The maximum absolute atomic E-state index is 13.5. The van der Waals surface area contributed by atoms with Crippen LogP contribution >= 0.6 is 23.2 Å². The van der Waals surface area contributed by atoms with Gasteiger partial charge in [0.25, 0.3) is 5.91 Å². The molecule has 2 rings (SSSR count). The van der Waals surface area contributed by atoms with Crippen molar-refractivity contribution in [3.8, 4) is 0 Å². The zero-order valence-corrected chi connectivity index (χ0v) is 15.8. The molecule has 1 fully saturated rings. The molecule has 1 amide bonds. The van der Waals surface area contributed by atoms with Crippen LogP contribution in [0.5, 0.6) is 0 Å². The molecule has 6 nitrogen and oxygen atoms in total. The molecule has 138 valence electrons. The lowest BCUT2D eigenvalue weighted by Gasteiger charge is -2.26. The third-order valence-electron chi connectivity index (χ3n) is 3.97. The smallest absolute Gasteiger partial charge is 0.340 e. The summed E-state index contributed by atoms with van der Waals surface area (Å²) in [5.41, 5.74) is -0.255. The average Bonchev–Trinajstić information content (AvgIpc) is 2.89. The summed E-state index contributed by atoms with van der Waals surface area (Å²) in [6, 6.07) is 1.43. The summed E-state index contributed by atoms with van der Waals surface area (Å²) in [4.78, 5) is 25.7. The Bertz CT molecular complexity index is 814. The van der Waals surface area contributed by atoms with Crippen LogP contribution in [0, 0.1) is 5.82 Å². The molecule has 1 saturated heterocycles. The molecular weight excluding hydrogens is 396 g/mol. The second kappa shape index (κ2) is 7.47. The third-order valence-corrected chi connectivity index (χ3v) is 6.32. The summed E-state index contributed by atoms with van der Waals surface area (Å²) in [6.45, 7) is 1.35. The summed E-state index contributed by atoms with van der Waals surface area (Å²) in [5.74, 6) is -2.48. The lowest BCUT2D eigenvalue weighted by Crippen LogP contribution is -2.44. The van der Waals surface area contributed by atoms with Crippen molar-refractivity contribution in [1.29, 1.82) is 0 Å². The van der Waals surface area contributed by atoms with E-state index in [4.69, 9.17) is 27.9 Å². The standard InChI is InChI=1S/C15H16Cl2FNO5S/c1-8(14(20)19(2)9-3-4-25(22,23)7-9)24-15(21)10-5-13(18)12(17)6-11(10)16/h5-6,8-9H,3-4,7H2,1-2H3/t8-,9-/m1/s1. The molecule has 0 N–H and O–H groups in total. The molecular formula is C15H16Cl2FNO5S. The van der Waals surface area contributed by atoms with Gasteiger partial charge in [-0.15, -0.1) is 0 Å². The minimum Gasteiger partial charge on any atom is -0.449 e. The van der Waals surface area contributed by atoms with Crippen molar-refractivity contribution < 1.29 is 27.1 Å². The van der Waals surface area contributed by atoms with Crippen LogP contribution in [0.2, 0.25) is 10.0 Å². The van der Waals surface area contributed by atoms with Crippen LogP contribution in [0.15, 0.2) is 12.1 Å². The van der Waals surface area contributed by atoms with E-state index in [1.807, 2.05) is 0 Å². The maximum atomic E-state index is 13.5. The van der Waals surface area contributed by atoms with E-state index in [9.17, 15) is 22.4 Å². The second-order valence-electron chi connectivity index (χ2n) is 5.80. The minimum absolute atomic E-state index is 0.0170. The number of nitrogens with zero attached hydrogens (tertiary/aromatic N) is 1. The summed E-state index contributed by atoms with van der Waals surface area (Å²) < 4.78 is 41.5. The number of sulfone groups is 1. The predicted molar refractivity (Wildman–Crippen MR) is 91.1 cm³/mol. The van der Waals surface area contributed by atoms with Crippen LogP contribution in [0.1, 0.15) is 23.7 Å². The highest BCUT2D eigenvalue weighted by Crippen LogP contribution is 2.25. The number of hydrogen-bond donors (Lipinski definition) is 0. The lowest BCUT2D eigenvalue weighted by atomic mass is 10.2. The molecule has 0 saturated carbocycles. The normalized spacial score (nSPS) is 20.1. The number of esters is 1. The van der Waals surface area contributed by atoms with Crippen LogP contribution in [-0.4, -0.2) is 55.9 Å². The fourth-order valence-electron chi connectivity index (χ4n) is 2.50. The molecule has 0 spiro atoms. The van der Waals surface area contributed by atoms with Gasteiger partial charge in [-0.1, -0.05) is 23.2 Å². The molecule has 0 radical (unpaired) electrons. The van der Waals surface area contributed by atoms with Crippen LogP contribution in [-0.2, 0) is 19.4 Å². The minimum atomic E-state index is -3.15. The number of ether oxygens (including phenoxy) is 1. The van der Waals surface area contributed by atoms with Gasteiger partial charge < -0.3 is 9.64 Å². The zero-order chi connectivity index (χ0) is 18.9. The van der Waals surface area contributed by atoms with E-state index < -0.39 is 39.7 Å². The number of benzene rings is 1. The second-order valence-corrected chi connectivity index (χ2v) is 8.84. The molecule has 1 aromatic carbocycles. The first-order chi connectivity index (χ1) is 11.5. The molecule has 1 aliphatic heterocycles. The first-order valence-electron chi connectivity index (χ1n) is 7.34. The van der Waals surface area contributed by atoms with Gasteiger partial charge in [0.1, 0.15) is 5.82 Å². The maximum Gasteiger partial charge on any atom is 0.340 e. The van der Waals surface area contributed by atoms with E-state index >= 15 is 0 Å². The Kier molecular flexibility index (Phi) is 5.96. The van der Waals surface area contributed by atoms with Crippen LogP contribution in [0.25, 0.3) is 0 Å². The van der Waals surface area contributed by atoms with Gasteiger partial charge in [-0.3, -0.25) is 4.79 Å². The van der Waals surface area contributed by atoms with Crippen LogP contribution in [0.4, 0.5) is 4.39 Å². The fourth-order valence-corrected chi connectivity index (χ4v) is 4.74. The Morgan fingerprint density at radius 1 is 1.32 bits per heavy atom. The molecule has 0 aromatic heterocycles. The van der Waals surface area contributed by atoms with Crippen LogP contribution in [0.3, 0.4) is 0 Å². The van der Waals surface area contributed by atoms with Crippen molar-refractivity contribution >= 4 is 44.9 Å². The van der Waals surface area contributed by atoms with Gasteiger partial charge in [-0.25, -0.2) is 17.6 Å². The van der Waals surface area contributed by atoms with E-state index in [2.05, 4.69) is 0 Å². The lowest BCUT2D eigenvalue weighted by molar-refractivity contribution is -0.140. The van der Waals surface area contributed by atoms with Gasteiger partial charge in [0.15, 0.2) is 15.9 Å². The fraction of sp³-hybridized carbons (Fsp3) is 0.467. The Morgan fingerprint density at radius 3 is 2.52 bits per heavy atom. The Labute approximate surface area is 154 Å². The number of carbonyl (C=O) groups excluding carboxylic acids is 2. The van der Waals surface area contributed by atoms with E-state index in [-0.39, 0.29) is 27.1 Å². The number of halogens is 3. The molecule has 1 heterocycles. The quantitative estimate of drug-likeness (QED) is 0.560. The molecule has 2 atom stereocenters. The van der Waals surface area contributed by atoms with Crippen molar-refractivity contribution in [2.75, 3.05) is 18.6 Å². The monoisotopic (exact) mass is 411 g/mol. The number of likely N-dealkylation sites (N-methyl/N-ethyl adjacent to an activating group) is 1. The van der Waals surface area contributed by atoms with Gasteiger partial charge in [-0.2, -0.15) is 0 Å². The molecule has 1 aliphatic rings. The molecule has 10 heteroatoms. The number of rotatable bonds is 4. The van der Waals surface area contributed by atoms with Crippen molar-refractivity contribution in [2.24, 2.45) is 0 Å². The molecule has 0 aliphatic carbocycles. The Morgan fingerprint density at radius 2 is 1.96 bits per heavy atom. The van der Waals surface area contributed by atoms with Crippen molar-refractivity contribution in [3.63, 3.8) is 0 Å². The Balaban J connectivity index is 2.06. The SMILES string of the molecule is C[C@@H](OC(=O)c1cc(F)c(Cl)cc1Cl)C(=O)N(C)[C@@H]1CCS(=O)(=O)C1. The summed E-state index contributed by atoms with van der Waals surface area (Å²) in [6.07, 6.45) is -0.852. The van der Waals surface area contributed by atoms with Gasteiger partial charge in [0, 0.05) is 13.1 Å². The third kappa shape index (κ3) is 4.62. The summed E-state index contributed by atoms with van der Waals surface area (Å²) in [7, 11) is -1.70. The number of hydrogen-bond acceptors (Lipinski definition) is 5.